The molecule has 2 N–H and O–H groups in total. The Morgan fingerprint density at radius 1 is 1.33 bits per heavy atom. The second-order valence-electron chi connectivity index (χ2n) is 4.52. The average Bonchev–Trinajstić information content (AvgIpc) is 2.97. The van der Waals surface area contributed by atoms with Gasteiger partial charge in [0.25, 0.3) is 5.91 Å². The van der Waals surface area contributed by atoms with Gasteiger partial charge in [0.1, 0.15) is 0 Å². The summed E-state index contributed by atoms with van der Waals surface area (Å²) in [5.41, 5.74) is 1.60. The SMILES string of the molecule is O=C(Nc1n[nH]c(-c2ccc(Br)cc2)n1)C1=CCOCC1. The molecule has 1 aromatic carbocycles. The zero-order valence-corrected chi connectivity index (χ0v) is 12.7. The van der Waals surface area contributed by atoms with Crippen LogP contribution in [0.15, 0.2) is 40.4 Å². The highest BCUT2D eigenvalue weighted by Gasteiger charge is 2.15. The molecule has 2 heterocycles. The molecule has 0 saturated carbocycles. The lowest BCUT2D eigenvalue weighted by molar-refractivity contribution is -0.113. The van der Waals surface area contributed by atoms with E-state index in [9.17, 15) is 4.79 Å². The van der Waals surface area contributed by atoms with Crippen LogP contribution in [0.2, 0.25) is 0 Å². The van der Waals surface area contributed by atoms with Crippen molar-refractivity contribution in [2.75, 3.05) is 18.5 Å². The topological polar surface area (TPSA) is 79.9 Å². The maximum absolute atomic E-state index is 12.0. The minimum Gasteiger partial charge on any atom is -0.377 e. The number of nitrogens with zero attached hydrogens (tertiary/aromatic N) is 2. The van der Waals surface area contributed by atoms with Crippen molar-refractivity contribution in [1.29, 1.82) is 0 Å². The van der Waals surface area contributed by atoms with Crippen LogP contribution in [0.4, 0.5) is 5.95 Å². The van der Waals surface area contributed by atoms with Crippen LogP contribution in [0.3, 0.4) is 0 Å². The third-order valence-electron chi connectivity index (χ3n) is 3.08. The van der Waals surface area contributed by atoms with E-state index in [1.165, 1.54) is 0 Å². The average molecular weight is 349 g/mol. The number of benzene rings is 1. The number of halogens is 1. The highest BCUT2D eigenvalue weighted by Crippen LogP contribution is 2.19. The van der Waals surface area contributed by atoms with Crippen LogP contribution in [0.5, 0.6) is 0 Å². The molecule has 0 saturated heterocycles. The van der Waals surface area contributed by atoms with Crippen molar-refractivity contribution >= 4 is 27.8 Å². The monoisotopic (exact) mass is 348 g/mol. The van der Waals surface area contributed by atoms with Gasteiger partial charge in [-0.3, -0.25) is 15.2 Å². The summed E-state index contributed by atoms with van der Waals surface area (Å²) in [4.78, 5) is 16.3. The van der Waals surface area contributed by atoms with Crippen molar-refractivity contribution < 1.29 is 9.53 Å². The van der Waals surface area contributed by atoms with E-state index in [1.54, 1.807) is 6.08 Å². The number of carbonyl (C=O) groups is 1. The van der Waals surface area contributed by atoms with Crippen LogP contribution in [-0.2, 0) is 9.53 Å². The molecule has 1 amide bonds. The number of nitrogens with one attached hydrogen (secondary N) is 2. The van der Waals surface area contributed by atoms with Crippen molar-refractivity contribution in [2.24, 2.45) is 0 Å². The molecule has 0 radical (unpaired) electrons. The van der Waals surface area contributed by atoms with Gasteiger partial charge in [-0.25, -0.2) is 0 Å². The number of rotatable bonds is 3. The second kappa shape index (κ2) is 6.19. The predicted octanol–water partition coefficient (Wildman–Crippen LogP) is 2.52. The number of amides is 1. The first-order chi connectivity index (χ1) is 10.2. The molecule has 1 aliphatic heterocycles. The normalized spacial score (nSPS) is 14.6. The number of hydrogen-bond donors (Lipinski definition) is 2. The number of anilines is 1. The summed E-state index contributed by atoms with van der Waals surface area (Å²) in [7, 11) is 0. The minimum atomic E-state index is -0.181. The molecule has 0 bridgehead atoms. The first kappa shape index (κ1) is 14.0. The molecule has 21 heavy (non-hydrogen) atoms. The number of aromatic nitrogens is 3. The molecule has 2 aromatic rings. The Morgan fingerprint density at radius 3 is 2.86 bits per heavy atom. The van der Waals surface area contributed by atoms with Crippen LogP contribution in [0.25, 0.3) is 11.4 Å². The van der Waals surface area contributed by atoms with Gasteiger partial charge >= 0.3 is 0 Å². The number of H-pyrrole nitrogens is 1. The Morgan fingerprint density at radius 2 is 2.14 bits per heavy atom. The van der Waals surface area contributed by atoms with Crippen LogP contribution >= 0.6 is 15.9 Å². The lowest BCUT2D eigenvalue weighted by atomic mass is 10.1. The van der Waals surface area contributed by atoms with E-state index in [0.717, 1.165) is 10.0 Å². The molecular formula is C14H13BrN4O2. The van der Waals surface area contributed by atoms with Crippen LogP contribution < -0.4 is 5.32 Å². The zero-order valence-electron chi connectivity index (χ0n) is 11.1. The Balaban J connectivity index is 1.71. The zero-order chi connectivity index (χ0) is 14.7. The van der Waals surface area contributed by atoms with Crippen LogP contribution in [0, 0.1) is 0 Å². The van der Waals surface area contributed by atoms with Gasteiger partial charge in [-0.1, -0.05) is 34.1 Å². The van der Waals surface area contributed by atoms with Crippen LogP contribution in [0.1, 0.15) is 6.42 Å². The van der Waals surface area contributed by atoms with Gasteiger partial charge in [-0.05, 0) is 12.1 Å². The number of carbonyl (C=O) groups excluding carboxylic acids is 1. The molecule has 0 atom stereocenters. The molecule has 0 unspecified atom stereocenters. The third-order valence-corrected chi connectivity index (χ3v) is 3.61. The molecule has 7 heteroatoms. The van der Waals surface area contributed by atoms with E-state index in [0.29, 0.717) is 31.0 Å². The lowest BCUT2D eigenvalue weighted by Crippen LogP contribution is -2.19. The Labute approximate surface area is 129 Å². The van der Waals surface area contributed by atoms with Gasteiger partial charge in [0.05, 0.1) is 13.2 Å². The molecule has 1 aromatic heterocycles. The van der Waals surface area contributed by atoms with E-state index in [1.807, 2.05) is 24.3 Å². The van der Waals surface area contributed by atoms with E-state index in [4.69, 9.17) is 4.74 Å². The van der Waals surface area contributed by atoms with Crippen molar-refractivity contribution in [3.8, 4) is 11.4 Å². The van der Waals surface area contributed by atoms with Gasteiger partial charge in [0.15, 0.2) is 5.82 Å². The quantitative estimate of drug-likeness (QED) is 0.892. The van der Waals surface area contributed by atoms with Crippen molar-refractivity contribution in [1.82, 2.24) is 15.2 Å². The molecule has 0 spiro atoms. The highest BCUT2D eigenvalue weighted by atomic mass is 79.9. The van der Waals surface area contributed by atoms with Crippen molar-refractivity contribution in [2.45, 2.75) is 6.42 Å². The second-order valence-corrected chi connectivity index (χ2v) is 5.44. The van der Waals surface area contributed by atoms with Crippen molar-refractivity contribution in [3.05, 3.63) is 40.4 Å². The third kappa shape index (κ3) is 3.37. The van der Waals surface area contributed by atoms with E-state index in [2.05, 4.69) is 36.4 Å². The highest BCUT2D eigenvalue weighted by molar-refractivity contribution is 9.10. The molecule has 108 valence electrons. The standard InChI is InChI=1S/C14H13BrN4O2/c15-11-3-1-9(2-4-11)12-16-14(19-18-12)17-13(20)10-5-7-21-8-6-10/h1-5H,6-8H2,(H2,16,17,18,19,20). The fourth-order valence-corrected chi connectivity index (χ4v) is 2.23. The summed E-state index contributed by atoms with van der Waals surface area (Å²) in [5.74, 6) is 0.698. The van der Waals surface area contributed by atoms with E-state index in [-0.39, 0.29) is 11.9 Å². The van der Waals surface area contributed by atoms with Gasteiger partial charge < -0.3 is 4.74 Å². The molecule has 0 aliphatic carbocycles. The Kier molecular flexibility index (Phi) is 4.12. The van der Waals surface area contributed by atoms with Gasteiger partial charge in [-0.15, -0.1) is 5.10 Å². The predicted molar refractivity (Wildman–Crippen MR) is 81.7 cm³/mol. The molecule has 3 rings (SSSR count). The molecule has 0 fully saturated rings. The van der Waals surface area contributed by atoms with Gasteiger partial charge in [0.2, 0.25) is 5.95 Å². The number of aromatic amines is 1. The minimum absolute atomic E-state index is 0.181. The van der Waals surface area contributed by atoms with Gasteiger partial charge in [-0.2, -0.15) is 4.98 Å². The van der Waals surface area contributed by atoms with Crippen LogP contribution in [-0.4, -0.2) is 34.3 Å². The summed E-state index contributed by atoms with van der Waals surface area (Å²) in [6.07, 6.45) is 2.39. The summed E-state index contributed by atoms with van der Waals surface area (Å²) >= 11 is 3.38. The number of ether oxygens (including phenoxy) is 1. The molecular weight excluding hydrogens is 336 g/mol. The fourth-order valence-electron chi connectivity index (χ4n) is 1.97. The first-order valence-electron chi connectivity index (χ1n) is 6.49. The van der Waals surface area contributed by atoms with Crippen molar-refractivity contribution in [3.63, 3.8) is 0 Å². The summed E-state index contributed by atoms with van der Waals surface area (Å²) in [6.45, 7) is 1.04. The maximum atomic E-state index is 12.0. The summed E-state index contributed by atoms with van der Waals surface area (Å²) < 4.78 is 6.17. The van der Waals surface area contributed by atoms with E-state index < -0.39 is 0 Å². The lowest BCUT2D eigenvalue weighted by Gasteiger charge is -2.11. The summed E-state index contributed by atoms with van der Waals surface area (Å²) in [5, 5.41) is 9.51. The molecule has 1 aliphatic rings. The van der Waals surface area contributed by atoms with Gasteiger partial charge in [0, 0.05) is 22.0 Å². The first-order valence-corrected chi connectivity index (χ1v) is 7.28. The Hall–Kier alpha value is -1.99. The Bertz CT molecular complexity index is 679. The maximum Gasteiger partial charge on any atom is 0.253 e. The molecule has 6 nitrogen and oxygen atoms in total. The summed E-state index contributed by atoms with van der Waals surface area (Å²) in [6, 6.07) is 7.67. The largest absolute Gasteiger partial charge is 0.377 e. The van der Waals surface area contributed by atoms with E-state index >= 15 is 0 Å². The smallest absolute Gasteiger partial charge is 0.253 e. The number of hydrogen-bond acceptors (Lipinski definition) is 4. The fraction of sp³-hybridized carbons (Fsp3) is 0.214.